The molecule has 0 unspecified atom stereocenters. The molecular formula is C16H22N6. The van der Waals surface area contributed by atoms with Gasteiger partial charge in [-0.1, -0.05) is 0 Å². The highest BCUT2D eigenvalue weighted by atomic mass is 15.3. The Labute approximate surface area is 130 Å². The highest BCUT2D eigenvalue weighted by Gasteiger charge is 2.20. The second-order valence-electron chi connectivity index (χ2n) is 6.00. The summed E-state index contributed by atoms with van der Waals surface area (Å²) in [6.07, 6.45) is 3.44. The van der Waals surface area contributed by atoms with Crippen LogP contribution in [0.3, 0.4) is 0 Å². The predicted octanol–water partition coefficient (Wildman–Crippen LogP) is 1.98. The molecule has 0 saturated carbocycles. The third-order valence-electron chi connectivity index (χ3n) is 4.63. The Hall–Kier alpha value is -2.13. The zero-order valence-corrected chi connectivity index (χ0v) is 13.4. The van der Waals surface area contributed by atoms with Crippen LogP contribution in [-0.4, -0.2) is 19.3 Å². The molecule has 2 aromatic heterocycles. The third kappa shape index (κ3) is 2.53. The van der Waals surface area contributed by atoms with Crippen LogP contribution in [0.25, 0.3) is 0 Å². The lowest BCUT2D eigenvalue weighted by Gasteiger charge is -2.18. The van der Waals surface area contributed by atoms with Gasteiger partial charge >= 0.3 is 0 Å². The quantitative estimate of drug-likeness (QED) is 0.937. The molecule has 0 fully saturated rings. The number of aryl methyl sites for hydroxylation is 1. The first-order valence-electron chi connectivity index (χ1n) is 7.82. The highest BCUT2D eigenvalue weighted by molar-refractivity contribution is 5.34. The van der Waals surface area contributed by atoms with Crippen LogP contribution in [0.15, 0.2) is 6.07 Å². The summed E-state index contributed by atoms with van der Waals surface area (Å²) in [6, 6.07) is 4.32. The Morgan fingerprint density at radius 1 is 1.41 bits per heavy atom. The lowest BCUT2D eigenvalue weighted by atomic mass is 10.1. The minimum atomic E-state index is 0.143. The standard InChI is InChI=1S/C16H22N6/c1-11(16-20-19-15-6-4-5-7-22(15)16)18-10-13-8-14(9-17)21(3)12(13)2/h8,11,18H,4-7,10H2,1-3H3/t11-/m1/s1. The molecule has 0 aliphatic carbocycles. The Kier molecular flexibility index (Phi) is 3.99. The summed E-state index contributed by atoms with van der Waals surface area (Å²) >= 11 is 0. The Morgan fingerprint density at radius 3 is 2.95 bits per heavy atom. The fourth-order valence-electron chi connectivity index (χ4n) is 3.05. The molecule has 1 aliphatic rings. The lowest BCUT2D eigenvalue weighted by molar-refractivity contribution is 0.465. The van der Waals surface area contributed by atoms with Gasteiger partial charge in [0.05, 0.1) is 6.04 Å². The number of aromatic nitrogens is 4. The lowest BCUT2D eigenvalue weighted by Crippen LogP contribution is -2.23. The summed E-state index contributed by atoms with van der Waals surface area (Å²) in [4.78, 5) is 0. The number of hydrogen-bond acceptors (Lipinski definition) is 4. The number of rotatable bonds is 4. The average molecular weight is 298 g/mol. The van der Waals surface area contributed by atoms with Gasteiger partial charge in [0.25, 0.3) is 0 Å². The minimum absolute atomic E-state index is 0.143. The van der Waals surface area contributed by atoms with Gasteiger partial charge in [-0.15, -0.1) is 10.2 Å². The monoisotopic (exact) mass is 298 g/mol. The molecule has 0 spiro atoms. The minimum Gasteiger partial charge on any atom is -0.340 e. The first kappa shape index (κ1) is 14.8. The van der Waals surface area contributed by atoms with Gasteiger partial charge in [-0.2, -0.15) is 5.26 Å². The van der Waals surface area contributed by atoms with Crippen LogP contribution in [0.5, 0.6) is 0 Å². The molecule has 0 bridgehead atoms. The zero-order valence-electron chi connectivity index (χ0n) is 13.4. The van der Waals surface area contributed by atoms with Crippen LogP contribution in [0.1, 0.15) is 54.4 Å². The molecule has 0 aromatic carbocycles. The van der Waals surface area contributed by atoms with Gasteiger partial charge < -0.3 is 14.5 Å². The van der Waals surface area contributed by atoms with E-state index in [0.29, 0.717) is 5.69 Å². The van der Waals surface area contributed by atoms with Crippen molar-refractivity contribution in [1.29, 1.82) is 5.26 Å². The molecule has 6 heteroatoms. The summed E-state index contributed by atoms with van der Waals surface area (Å²) < 4.78 is 4.18. The summed E-state index contributed by atoms with van der Waals surface area (Å²) in [7, 11) is 1.93. The van der Waals surface area contributed by atoms with Crippen molar-refractivity contribution in [1.82, 2.24) is 24.6 Å². The maximum Gasteiger partial charge on any atom is 0.149 e. The maximum absolute atomic E-state index is 9.10. The molecule has 3 rings (SSSR count). The summed E-state index contributed by atoms with van der Waals surface area (Å²) in [5.41, 5.74) is 2.98. The van der Waals surface area contributed by atoms with Crippen molar-refractivity contribution in [3.05, 3.63) is 34.7 Å². The first-order valence-corrected chi connectivity index (χ1v) is 7.82. The van der Waals surface area contributed by atoms with Crippen molar-refractivity contribution in [2.24, 2.45) is 7.05 Å². The zero-order chi connectivity index (χ0) is 15.7. The smallest absolute Gasteiger partial charge is 0.149 e. The van der Waals surface area contributed by atoms with E-state index in [1.54, 1.807) is 0 Å². The molecule has 116 valence electrons. The van der Waals surface area contributed by atoms with E-state index in [-0.39, 0.29) is 6.04 Å². The van der Waals surface area contributed by atoms with Crippen LogP contribution in [-0.2, 0) is 26.6 Å². The van der Waals surface area contributed by atoms with Crippen LogP contribution >= 0.6 is 0 Å². The van der Waals surface area contributed by atoms with Crippen LogP contribution in [0.2, 0.25) is 0 Å². The van der Waals surface area contributed by atoms with Gasteiger partial charge in [0.15, 0.2) is 0 Å². The van der Waals surface area contributed by atoms with E-state index in [0.717, 1.165) is 42.4 Å². The number of hydrogen-bond donors (Lipinski definition) is 1. The summed E-state index contributed by atoms with van der Waals surface area (Å²) in [5.74, 6) is 2.13. The summed E-state index contributed by atoms with van der Waals surface area (Å²) in [5, 5.41) is 21.3. The molecule has 22 heavy (non-hydrogen) atoms. The average Bonchev–Trinajstić information content (AvgIpc) is 3.08. The van der Waals surface area contributed by atoms with Gasteiger partial charge in [0.1, 0.15) is 23.4 Å². The van der Waals surface area contributed by atoms with E-state index in [2.05, 4.69) is 33.1 Å². The molecule has 0 radical (unpaired) electrons. The Bertz CT molecular complexity index is 718. The fourth-order valence-corrected chi connectivity index (χ4v) is 3.05. The van der Waals surface area contributed by atoms with E-state index in [4.69, 9.17) is 5.26 Å². The van der Waals surface area contributed by atoms with Crippen molar-refractivity contribution in [3.8, 4) is 6.07 Å². The molecular weight excluding hydrogens is 276 g/mol. The van der Waals surface area contributed by atoms with Gasteiger partial charge in [0, 0.05) is 32.3 Å². The normalized spacial score (nSPS) is 15.4. The molecule has 0 saturated heterocycles. The second-order valence-corrected chi connectivity index (χ2v) is 6.00. The second kappa shape index (κ2) is 5.93. The van der Waals surface area contributed by atoms with Crippen molar-refractivity contribution < 1.29 is 0 Å². The maximum atomic E-state index is 9.10. The van der Waals surface area contributed by atoms with Crippen molar-refractivity contribution in [3.63, 3.8) is 0 Å². The number of nitriles is 1. The molecule has 0 amide bonds. The van der Waals surface area contributed by atoms with E-state index >= 15 is 0 Å². The van der Waals surface area contributed by atoms with Crippen LogP contribution in [0, 0.1) is 18.3 Å². The largest absolute Gasteiger partial charge is 0.340 e. The predicted molar refractivity (Wildman–Crippen MR) is 83.1 cm³/mol. The molecule has 1 atom stereocenters. The van der Waals surface area contributed by atoms with Crippen molar-refractivity contribution in [2.45, 2.75) is 52.2 Å². The van der Waals surface area contributed by atoms with Crippen LogP contribution in [0.4, 0.5) is 0 Å². The van der Waals surface area contributed by atoms with Gasteiger partial charge in [0.2, 0.25) is 0 Å². The topological polar surface area (TPSA) is 71.5 Å². The van der Waals surface area contributed by atoms with Gasteiger partial charge in [-0.05, 0) is 38.3 Å². The first-order chi connectivity index (χ1) is 10.6. The summed E-state index contributed by atoms with van der Waals surface area (Å²) in [6.45, 7) is 5.91. The SMILES string of the molecule is Cc1c(CN[C@H](C)c2nnc3n2CCCC3)cc(C#N)n1C. The van der Waals surface area contributed by atoms with Gasteiger partial charge in [-0.25, -0.2) is 0 Å². The van der Waals surface area contributed by atoms with E-state index in [9.17, 15) is 0 Å². The van der Waals surface area contributed by atoms with Crippen molar-refractivity contribution in [2.75, 3.05) is 0 Å². The van der Waals surface area contributed by atoms with E-state index in [1.165, 1.54) is 12.8 Å². The van der Waals surface area contributed by atoms with Crippen molar-refractivity contribution >= 4 is 0 Å². The number of nitrogens with one attached hydrogen (secondary N) is 1. The molecule has 1 N–H and O–H groups in total. The molecule has 1 aliphatic heterocycles. The number of fused-ring (bicyclic) bond motifs is 1. The fraction of sp³-hybridized carbons (Fsp3) is 0.562. The van der Waals surface area contributed by atoms with Gasteiger partial charge in [-0.3, -0.25) is 0 Å². The van der Waals surface area contributed by atoms with E-state index < -0.39 is 0 Å². The molecule has 2 aromatic rings. The third-order valence-corrected chi connectivity index (χ3v) is 4.63. The Morgan fingerprint density at radius 2 is 2.23 bits per heavy atom. The van der Waals surface area contributed by atoms with E-state index in [1.807, 2.05) is 24.6 Å². The molecule has 6 nitrogen and oxygen atoms in total. The molecule has 3 heterocycles. The number of nitrogens with zero attached hydrogens (tertiary/aromatic N) is 5. The van der Waals surface area contributed by atoms with Crippen LogP contribution < -0.4 is 5.32 Å². The highest BCUT2D eigenvalue weighted by Crippen LogP contribution is 2.20. The Balaban J connectivity index is 1.72.